The van der Waals surface area contributed by atoms with Crippen molar-refractivity contribution in [3.63, 3.8) is 0 Å². The molecule has 1 fully saturated rings. The van der Waals surface area contributed by atoms with Crippen molar-refractivity contribution in [1.82, 2.24) is 36.5 Å². The van der Waals surface area contributed by atoms with Gasteiger partial charge in [-0.15, -0.1) is 23.1 Å². The first-order valence-electron chi connectivity index (χ1n) is 19.8. The molecule has 2 amide bonds. The molecular formula is C40H79N7O4S2. The first-order chi connectivity index (χ1) is 25.8. The Bertz CT molecular complexity index is 963. The molecule has 310 valence electrons. The Morgan fingerprint density at radius 1 is 1.06 bits per heavy atom. The zero-order valence-corrected chi connectivity index (χ0v) is 36.7. The Hall–Kier alpha value is -2.26. The van der Waals surface area contributed by atoms with Gasteiger partial charge in [-0.05, 0) is 57.5 Å². The van der Waals surface area contributed by atoms with E-state index in [4.69, 9.17) is 4.74 Å². The highest BCUT2D eigenvalue weighted by Gasteiger charge is 2.18. The van der Waals surface area contributed by atoms with E-state index in [-0.39, 0.29) is 12.1 Å². The maximum absolute atomic E-state index is 12.7. The van der Waals surface area contributed by atoms with E-state index < -0.39 is 0 Å². The van der Waals surface area contributed by atoms with E-state index in [2.05, 4.69) is 93.7 Å². The van der Waals surface area contributed by atoms with Crippen molar-refractivity contribution in [2.45, 2.75) is 118 Å². The van der Waals surface area contributed by atoms with Crippen molar-refractivity contribution in [3.05, 3.63) is 52.9 Å². The molecule has 5 N–H and O–H groups in total. The second-order valence-electron chi connectivity index (χ2n) is 11.9. The summed E-state index contributed by atoms with van der Waals surface area (Å²) in [6.07, 6.45) is 15.4. The lowest BCUT2D eigenvalue weighted by atomic mass is 10.1. The van der Waals surface area contributed by atoms with Crippen molar-refractivity contribution in [3.8, 4) is 0 Å². The smallest absolute Gasteiger partial charge is 0.315 e. The van der Waals surface area contributed by atoms with Gasteiger partial charge in [-0.25, -0.2) is 4.79 Å². The second-order valence-corrected chi connectivity index (χ2v) is 14.0. The Morgan fingerprint density at radius 2 is 1.75 bits per heavy atom. The number of aromatic nitrogens is 1. The van der Waals surface area contributed by atoms with Gasteiger partial charge in [0.05, 0.1) is 29.0 Å². The Balaban J connectivity index is -0.00000130. The van der Waals surface area contributed by atoms with E-state index in [1.54, 1.807) is 23.5 Å². The number of thiazole rings is 1. The van der Waals surface area contributed by atoms with Crippen LogP contribution in [0, 0.1) is 5.92 Å². The number of carbonyl (C=O) groups is 2. The summed E-state index contributed by atoms with van der Waals surface area (Å²) >= 11 is 3.16. The van der Waals surface area contributed by atoms with Crippen molar-refractivity contribution in [2.24, 2.45) is 5.92 Å². The van der Waals surface area contributed by atoms with E-state index in [0.29, 0.717) is 37.0 Å². The van der Waals surface area contributed by atoms with E-state index >= 15 is 0 Å². The summed E-state index contributed by atoms with van der Waals surface area (Å²) in [6, 6.07) is 0.360. The zero-order chi connectivity index (χ0) is 40.4. The number of allylic oxidation sites excluding steroid dienone is 4. The van der Waals surface area contributed by atoms with Crippen LogP contribution >= 0.6 is 23.1 Å². The second kappa shape index (κ2) is 44.1. The molecule has 1 saturated heterocycles. The minimum Gasteiger partial charge on any atom is -0.462 e. The maximum Gasteiger partial charge on any atom is 0.315 e. The number of nitrogens with zero attached hydrogens (tertiary/aromatic N) is 2. The number of thioether (sulfide) groups is 1. The highest BCUT2D eigenvalue weighted by Crippen LogP contribution is 2.16. The van der Waals surface area contributed by atoms with Crippen LogP contribution in [0.3, 0.4) is 0 Å². The normalized spacial score (nSPS) is 14.2. The van der Waals surface area contributed by atoms with Crippen LogP contribution in [0.25, 0.3) is 0 Å². The lowest BCUT2D eigenvalue weighted by Crippen LogP contribution is -2.51. The molecule has 53 heavy (non-hydrogen) atoms. The van der Waals surface area contributed by atoms with Gasteiger partial charge in [0.2, 0.25) is 0 Å². The standard InChI is InChI=1S/C28H54N6O2S.C5H5NO2S.C3H8.2C2H6/c1-6-8-9-10-11-12-25(13-15-29-5)32-23-26(14-18-34-19-21-36-22-20-34)33-28(35)31-17-16-30-27(24(3)4)37-7-2;7-4-8-2-5-1-6-3-9-5;1-3-2;2*1-2/h6-10,24-27,29-30,32H,2,11-23H2,1,3-5H3,(H2,31,33,35);1,3-4H,2H2;3H2,1-2H3;2*1-2H3/b8-6-,10-9-;;;;. The third kappa shape index (κ3) is 36.5. The Kier molecular flexibility index (Phi) is 45.9. The fraction of sp³-hybridized carbons (Fsp3) is 0.725. The quantitative estimate of drug-likeness (QED) is 0.0310. The molecule has 2 heterocycles. The lowest BCUT2D eigenvalue weighted by Gasteiger charge is -2.29. The highest BCUT2D eigenvalue weighted by molar-refractivity contribution is 8.02. The number of hydrogen-bond donors (Lipinski definition) is 5. The molecule has 11 nitrogen and oxygen atoms in total. The molecule has 1 aromatic heterocycles. The van der Waals surface area contributed by atoms with Crippen LogP contribution < -0.4 is 26.6 Å². The summed E-state index contributed by atoms with van der Waals surface area (Å²) in [7, 11) is 1.99. The molecule has 0 saturated carbocycles. The summed E-state index contributed by atoms with van der Waals surface area (Å²) in [6.45, 7) is 30.7. The molecule has 0 bridgehead atoms. The zero-order valence-electron chi connectivity index (χ0n) is 35.1. The lowest BCUT2D eigenvalue weighted by molar-refractivity contribution is -0.129. The minimum atomic E-state index is -0.103. The molecule has 0 aromatic carbocycles. The molecule has 1 aromatic rings. The largest absolute Gasteiger partial charge is 0.462 e. The molecule has 3 atom stereocenters. The monoisotopic (exact) mass is 786 g/mol. The molecule has 0 spiro atoms. The molecule has 3 unspecified atom stereocenters. The number of hydrogen-bond acceptors (Lipinski definition) is 11. The van der Waals surface area contributed by atoms with Gasteiger partial charge >= 0.3 is 6.03 Å². The summed E-state index contributed by atoms with van der Waals surface area (Å²) in [5.41, 5.74) is 1.70. The number of morpholine rings is 1. The predicted octanol–water partition coefficient (Wildman–Crippen LogP) is 7.59. The molecule has 1 aliphatic heterocycles. The van der Waals surface area contributed by atoms with E-state index in [0.717, 1.165) is 83.0 Å². The first kappa shape index (κ1) is 55.1. The van der Waals surface area contributed by atoms with Crippen LogP contribution in [-0.4, -0.2) is 106 Å². The number of nitrogens with one attached hydrogen (secondary N) is 5. The third-order valence-corrected chi connectivity index (χ3v) is 9.08. The van der Waals surface area contributed by atoms with Crippen LogP contribution in [0.2, 0.25) is 0 Å². The summed E-state index contributed by atoms with van der Waals surface area (Å²) in [5.74, 6) is 0.488. The minimum absolute atomic E-state index is 0.0613. The van der Waals surface area contributed by atoms with E-state index in [1.807, 2.05) is 53.2 Å². The van der Waals surface area contributed by atoms with Crippen LogP contribution in [0.5, 0.6) is 0 Å². The first-order valence-corrected chi connectivity index (χ1v) is 21.6. The van der Waals surface area contributed by atoms with E-state index in [9.17, 15) is 9.59 Å². The van der Waals surface area contributed by atoms with E-state index in [1.165, 1.54) is 17.8 Å². The average molecular weight is 786 g/mol. The number of urea groups is 1. The van der Waals surface area contributed by atoms with Crippen molar-refractivity contribution >= 4 is 35.6 Å². The number of rotatable bonds is 24. The van der Waals surface area contributed by atoms with Crippen molar-refractivity contribution in [1.29, 1.82) is 0 Å². The number of amides is 2. The van der Waals surface area contributed by atoms with Gasteiger partial charge in [0.25, 0.3) is 6.47 Å². The van der Waals surface area contributed by atoms with Crippen molar-refractivity contribution < 1.29 is 19.1 Å². The van der Waals surface area contributed by atoms with Gasteiger partial charge in [0, 0.05) is 57.5 Å². The molecular weight excluding hydrogens is 707 g/mol. The van der Waals surface area contributed by atoms with Gasteiger partial charge in [-0.1, -0.05) is 92.7 Å². The Labute approximate surface area is 333 Å². The molecule has 13 heteroatoms. The maximum atomic E-state index is 12.7. The average Bonchev–Trinajstić information content (AvgIpc) is 3.71. The molecule has 0 radical (unpaired) electrons. The molecule has 2 rings (SSSR count). The van der Waals surface area contributed by atoms with Gasteiger partial charge in [0.15, 0.2) is 0 Å². The summed E-state index contributed by atoms with van der Waals surface area (Å²) in [4.78, 5) is 29.6. The number of carbonyl (C=O) groups excluding carboxylic acids is 2. The molecule has 1 aliphatic rings. The third-order valence-electron chi connectivity index (χ3n) is 7.13. The van der Waals surface area contributed by atoms with Gasteiger partial charge < -0.3 is 36.1 Å². The van der Waals surface area contributed by atoms with Gasteiger partial charge in [-0.2, -0.15) is 0 Å². The van der Waals surface area contributed by atoms with Crippen LogP contribution in [-0.2, 0) is 20.9 Å². The Morgan fingerprint density at radius 3 is 2.32 bits per heavy atom. The van der Waals surface area contributed by atoms with Crippen LogP contribution in [0.15, 0.2) is 48.0 Å². The predicted molar refractivity (Wildman–Crippen MR) is 232 cm³/mol. The highest BCUT2D eigenvalue weighted by atomic mass is 32.2. The summed E-state index contributed by atoms with van der Waals surface area (Å²) < 4.78 is 9.96. The fourth-order valence-electron chi connectivity index (χ4n) is 4.55. The SMILES string of the molecule is C=CSC(NCCNC(=O)NC(CCN1CCOCC1)CNC(CC/C=C\C=C/C)CCNC)C(C)C.CC.CC.CCC.O=COCc1cncs1. The van der Waals surface area contributed by atoms with Crippen LogP contribution in [0.4, 0.5) is 4.79 Å². The van der Waals surface area contributed by atoms with Gasteiger partial charge in [0.1, 0.15) is 6.61 Å². The summed E-state index contributed by atoms with van der Waals surface area (Å²) in [5, 5.41) is 18.9. The van der Waals surface area contributed by atoms with Crippen LogP contribution in [0.1, 0.15) is 99.3 Å². The van der Waals surface area contributed by atoms with Gasteiger partial charge in [-0.3, -0.25) is 14.7 Å². The van der Waals surface area contributed by atoms with Crippen molar-refractivity contribution in [2.75, 3.05) is 66.1 Å². The fourth-order valence-corrected chi connectivity index (χ4v) is 5.80. The molecule has 0 aliphatic carbocycles. The number of ether oxygens (including phenoxy) is 2. The topological polar surface area (TPSA) is 129 Å².